The van der Waals surface area contributed by atoms with E-state index >= 15 is 0 Å². The zero-order valence-corrected chi connectivity index (χ0v) is 54.2. The van der Waals surface area contributed by atoms with Crippen LogP contribution in [0.5, 0.6) is 0 Å². The van der Waals surface area contributed by atoms with Gasteiger partial charge in [-0.25, -0.2) is 15.0 Å². The lowest BCUT2D eigenvalue weighted by Gasteiger charge is -2.17. The summed E-state index contributed by atoms with van der Waals surface area (Å²) in [7, 11) is 0. The lowest BCUT2D eigenvalue weighted by Crippen LogP contribution is -2.04. The van der Waals surface area contributed by atoms with Crippen LogP contribution in [0.3, 0.4) is 0 Å². The third kappa shape index (κ3) is 9.24. The summed E-state index contributed by atoms with van der Waals surface area (Å²) >= 11 is 0. The van der Waals surface area contributed by atoms with Crippen molar-refractivity contribution in [3.05, 3.63) is 358 Å². The highest BCUT2D eigenvalue weighted by molar-refractivity contribution is 6.15. The van der Waals surface area contributed by atoms with Gasteiger partial charge in [0.15, 0.2) is 17.5 Å². The first-order chi connectivity index (χ1) is 49.6. The van der Waals surface area contributed by atoms with Crippen molar-refractivity contribution in [2.75, 3.05) is 0 Å². The van der Waals surface area contributed by atoms with Crippen molar-refractivity contribution < 1.29 is 0 Å². The molecule has 100 heavy (non-hydrogen) atoms. The van der Waals surface area contributed by atoms with Crippen LogP contribution in [0.25, 0.3) is 189 Å². The molecule has 0 bridgehead atoms. The molecule has 0 radical (unpaired) electrons. The molecule has 0 unspecified atom stereocenters. The van der Waals surface area contributed by atoms with Crippen molar-refractivity contribution in [1.29, 1.82) is 0 Å². The predicted molar refractivity (Wildman–Crippen MR) is 415 cm³/mol. The van der Waals surface area contributed by atoms with Gasteiger partial charge in [0.25, 0.3) is 0 Å². The molecule has 0 atom stereocenters. The highest BCUT2D eigenvalue weighted by Crippen LogP contribution is 2.44. The van der Waals surface area contributed by atoms with Crippen LogP contribution in [0, 0.1) is 0 Å². The van der Waals surface area contributed by atoms with E-state index in [-0.39, 0.29) is 0 Å². The fourth-order valence-electron chi connectivity index (χ4n) is 15.7. The highest BCUT2D eigenvalue weighted by atomic mass is 15.1. The minimum atomic E-state index is 0.549. The Morgan fingerprint density at radius 1 is 0.150 bits per heavy atom. The van der Waals surface area contributed by atoms with E-state index in [4.69, 9.17) is 15.0 Å². The van der Waals surface area contributed by atoms with Crippen LogP contribution in [-0.2, 0) is 0 Å². The molecule has 0 spiro atoms. The Hall–Kier alpha value is -13.5. The Labute approximate surface area is 576 Å². The minimum Gasteiger partial charge on any atom is -0.309 e. The van der Waals surface area contributed by atoms with Crippen LogP contribution in [0.2, 0.25) is 0 Å². The SMILES string of the molecule is c1ccc(-c2ccccc2-c2nc(-c3cc(-n4c5ccccc5c5cc(-c6ccc7c(c6)c6ccccc6n7-c6ccccc6)ccc54)cc(-n4c5ccccc5c5cc(-c6ccc7c(c6)c6ccccc6n7-c6ccccc6)ccc54)c3)nc(-c3ccccc3-c3ccccc3)n2)cc1. The fourth-order valence-corrected chi connectivity index (χ4v) is 15.7. The van der Waals surface area contributed by atoms with Gasteiger partial charge in [0.05, 0.1) is 44.1 Å². The van der Waals surface area contributed by atoms with Crippen molar-refractivity contribution >= 4 is 87.2 Å². The summed E-state index contributed by atoms with van der Waals surface area (Å²) < 4.78 is 9.63. The Bertz CT molecular complexity index is 6240. The molecule has 7 heteroatoms. The van der Waals surface area contributed by atoms with Crippen molar-refractivity contribution in [2.45, 2.75) is 0 Å². The molecule has 15 aromatic carbocycles. The van der Waals surface area contributed by atoms with Gasteiger partial charge in [-0.1, -0.05) is 243 Å². The number of hydrogen-bond acceptors (Lipinski definition) is 3. The molecule has 0 fully saturated rings. The van der Waals surface area contributed by atoms with Gasteiger partial charge in [-0.3, -0.25) is 0 Å². The van der Waals surface area contributed by atoms with Crippen molar-refractivity contribution in [3.63, 3.8) is 0 Å². The third-order valence-electron chi connectivity index (χ3n) is 20.2. The first-order valence-corrected chi connectivity index (χ1v) is 34.1. The number of nitrogens with zero attached hydrogens (tertiary/aromatic N) is 7. The minimum absolute atomic E-state index is 0.549. The molecule has 466 valence electrons. The molecule has 0 aliphatic carbocycles. The molecule has 0 amide bonds. The van der Waals surface area contributed by atoms with Crippen LogP contribution in [0.1, 0.15) is 0 Å². The van der Waals surface area contributed by atoms with Crippen LogP contribution in [0.15, 0.2) is 358 Å². The number of fused-ring (bicyclic) bond motifs is 12. The largest absolute Gasteiger partial charge is 0.309 e. The summed E-state index contributed by atoms with van der Waals surface area (Å²) in [5.41, 5.74) is 24.7. The topological polar surface area (TPSA) is 58.4 Å². The van der Waals surface area contributed by atoms with Crippen LogP contribution in [-0.4, -0.2) is 33.2 Å². The van der Waals surface area contributed by atoms with E-state index in [9.17, 15) is 0 Å². The molecule has 5 heterocycles. The van der Waals surface area contributed by atoms with Gasteiger partial charge in [-0.15, -0.1) is 0 Å². The van der Waals surface area contributed by atoms with Crippen molar-refractivity contribution in [3.8, 4) is 101 Å². The molecule has 20 aromatic rings. The summed E-state index contributed by atoms with van der Waals surface area (Å²) in [5, 5.41) is 9.48. The Morgan fingerprint density at radius 2 is 0.410 bits per heavy atom. The van der Waals surface area contributed by atoms with Gasteiger partial charge in [0.2, 0.25) is 0 Å². The molecular weight excluding hydrogens is 1220 g/mol. The van der Waals surface area contributed by atoms with Crippen LogP contribution >= 0.6 is 0 Å². The molecule has 0 saturated carbocycles. The predicted octanol–water partition coefficient (Wildman–Crippen LogP) is 23.9. The van der Waals surface area contributed by atoms with Gasteiger partial charge in [0.1, 0.15) is 0 Å². The highest BCUT2D eigenvalue weighted by Gasteiger charge is 2.24. The second kappa shape index (κ2) is 23.1. The molecule has 5 aromatic heterocycles. The summed E-state index contributed by atoms with van der Waals surface area (Å²) in [6, 6.07) is 129. The maximum Gasteiger partial charge on any atom is 0.164 e. The molecule has 0 N–H and O–H groups in total. The Balaban J connectivity index is 0.814. The number of hydrogen-bond donors (Lipinski definition) is 0. The smallest absolute Gasteiger partial charge is 0.164 e. The van der Waals surface area contributed by atoms with Crippen LogP contribution < -0.4 is 0 Å². The van der Waals surface area contributed by atoms with E-state index in [1.165, 1.54) is 43.6 Å². The lowest BCUT2D eigenvalue weighted by molar-refractivity contribution is 1.07. The molecule has 0 saturated heterocycles. The van der Waals surface area contributed by atoms with Gasteiger partial charge in [0, 0.05) is 82.5 Å². The van der Waals surface area contributed by atoms with E-state index in [0.717, 1.165) is 128 Å². The Morgan fingerprint density at radius 3 is 0.750 bits per heavy atom. The monoisotopic (exact) mass is 1270 g/mol. The average molecular weight is 1270 g/mol. The van der Waals surface area contributed by atoms with E-state index in [1.807, 2.05) is 0 Å². The maximum atomic E-state index is 5.65. The molecule has 0 aliphatic rings. The van der Waals surface area contributed by atoms with Gasteiger partial charge >= 0.3 is 0 Å². The number of rotatable bonds is 11. The number of aromatic nitrogens is 7. The first-order valence-electron chi connectivity index (χ1n) is 34.1. The average Bonchev–Trinajstić information content (AvgIpc) is 1.57. The van der Waals surface area contributed by atoms with E-state index in [1.54, 1.807) is 0 Å². The normalized spacial score (nSPS) is 11.8. The summed E-state index contributed by atoms with van der Waals surface area (Å²) in [6.45, 7) is 0. The second-order valence-corrected chi connectivity index (χ2v) is 25.9. The van der Waals surface area contributed by atoms with Gasteiger partial charge in [-0.05, 0) is 160 Å². The maximum absolute atomic E-state index is 5.65. The van der Waals surface area contributed by atoms with Crippen molar-refractivity contribution in [1.82, 2.24) is 33.2 Å². The van der Waals surface area contributed by atoms with Gasteiger partial charge in [-0.2, -0.15) is 0 Å². The Kier molecular flexibility index (Phi) is 13.1. The molecule has 20 rings (SSSR count). The number of para-hydroxylation sites is 6. The quantitative estimate of drug-likeness (QED) is 0.130. The summed E-state index contributed by atoms with van der Waals surface area (Å²) in [5.74, 6) is 1.70. The van der Waals surface area contributed by atoms with E-state index < -0.39 is 0 Å². The molecular formula is C93H59N7. The zero-order chi connectivity index (χ0) is 65.8. The first kappa shape index (κ1) is 56.8. The molecule has 7 nitrogen and oxygen atoms in total. The van der Waals surface area contributed by atoms with E-state index in [2.05, 4.69) is 376 Å². The molecule has 0 aliphatic heterocycles. The standard InChI is InChI=1S/C93H59N7/c1-5-25-60(26-6-1)71-33-13-15-39-77(71)92-94-91(95-93(96-92)78-40-16-14-34-72(78)61-27-7-2-8-28-61)66-53-69(99-85-43-23-19-37-75(85)81-57-64(47-51-89(81)99)62-45-49-87-79(55-62)73-35-17-21-41-83(73)97(87)67-29-9-3-10-30-67)59-70(54-66)100-86-44-24-20-38-76(86)82-58-65(48-52-90(82)100)63-46-50-88-80(56-63)74-36-18-22-42-84(74)98(88)68-31-11-4-12-32-68/h1-59H. The summed E-state index contributed by atoms with van der Waals surface area (Å²) in [6.07, 6.45) is 0. The van der Waals surface area contributed by atoms with E-state index in [0.29, 0.717) is 17.5 Å². The number of benzene rings is 15. The van der Waals surface area contributed by atoms with Gasteiger partial charge < -0.3 is 18.3 Å². The summed E-state index contributed by atoms with van der Waals surface area (Å²) in [4.78, 5) is 16.8. The lowest BCUT2D eigenvalue weighted by atomic mass is 9.98. The van der Waals surface area contributed by atoms with Crippen LogP contribution in [0.4, 0.5) is 0 Å². The second-order valence-electron chi connectivity index (χ2n) is 25.9. The fraction of sp³-hybridized carbons (Fsp3) is 0. The third-order valence-corrected chi connectivity index (χ3v) is 20.2. The zero-order valence-electron chi connectivity index (χ0n) is 54.2. The van der Waals surface area contributed by atoms with Crippen molar-refractivity contribution in [2.24, 2.45) is 0 Å².